The quantitative estimate of drug-likeness (QED) is 0.658. The molecule has 0 spiro atoms. The molecule has 0 fully saturated rings. The summed E-state index contributed by atoms with van der Waals surface area (Å²) in [5, 5.41) is 12.4. The summed E-state index contributed by atoms with van der Waals surface area (Å²) < 4.78 is 25.6. The maximum Gasteiger partial charge on any atom is 0.175 e. The lowest BCUT2D eigenvalue weighted by molar-refractivity contribution is 0.191. The maximum absolute atomic E-state index is 13.7. The molecule has 0 aliphatic heterocycles. The fraction of sp³-hybridized carbons (Fsp3) is 0.333. The third-order valence-electron chi connectivity index (χ3n) is 3.39. The van der Waals surface area contributed by atoms with Crippen molar-refractivity contribution in [2.24, 2.45) is 0 Å². The minimum absolute atomic E-state index is 0. The predicted octanol–water partition coefficient (Wildman–Crippen LogP) is 4.07. The van der Waals surface area contributed by atoms with Crippen molar-refractivity contribution < 1.29 is 19.0 Å². The van der Waals surface area contributed by atoms with Gasteiger partial charge in [0, 0.05) is 18.7 Å². The summed E-state index contributed by atoms with van der Waals surface area (Å²) in [6.07, 6.45) is -0.404. The van der Waals surface area contributed by atoms with Crippen molar-refractivity contribution in [1.29, 1.82) is 0 Å². The lowest BCUT2D eigenvalue weighted by Crippen LogP contribution is -2.23. The molecule has 0 aliphatic carbocycles. The van der Waals surface area contributed by atoms with Crippen molar-refractivity contribution in [3.05, 3.63) is 57.8 Å². The van der Waals surface area contributed by atoms with Gasteiger partial charge in [-0.25, -0.2) is 4.39 Å². The fourth-order valence-corrected chi connectivity index (χ4v) is 2.81. The molecule has 25 heavy (non-hydrogen) atoms. The van der Waals surface area contributed by atoms with Crippen LogP contribution >= 0.6 is 28.3 Å². The van der Waals surface area contributed by atoms with E-state index in [2.05, 4.69) is 21.2 Å². The summed E-state index contributed by atoms with van der Waals surface area (Å²) >= 11 is 3.48. The molecule has 4 nitrogen and oxygen atoms in total. The van der Waals surface area contributed by atoms with Gasteiger partial charge in [-0.1, -0.05) is 18.2 Å². The zero-order chi connectivity index (χ0) is 17.5. The monoisotopic (exact) mass is 433 g/mol. The Morgan fingerprint density at radius 3 is 2.64 bits per heavy atom. The molecule has 0 saturated heterocycles. The van der Waals surface area contributed by atoms with E-state index in [9.17, 15) is 9.50 Å². The average molecular weight is 435 g/mol. The van der Waals surface area contributed by atoms with Crippen LogP contribution in [-0.4, -0.2) is 24.9 Å². The van der Waals surface area contributed by atoms with Crippen LogP contribution in [0.15, 0.2) is 40.9 Å². The largest absolute Gasteiger partial charge is 0.493 e. The summed E-state index contributed by atoms with van der Waals surface area (Å²) in [7, 11) is 1.56. The van der Waals surface area contributed by atoms with E-state index in [0.717, 1.165) is 10.0 Å². The van der Waals surface area contributed by atoms with Crippen molar-refractivity contribution in [3.8, 4) is 11.5 Å². The average Bonchev–Trinajstić information content (AvgIpc) is 2.54. The van der Waals surface area contributed by atoms with Gasteiger partial charge in [0.2, 0.25) is 0 Å². The smallest absolute Gasteiger partial charge is 0.175 e. The normalized spacial score (nSPS) is 11.6. The third-order valence-corrected chi connectivity index (χ3v) is 3.98. The molecule has 2 aromatic rings. The molecule has 2 aromatic carbocycles. The molecule has 0 aromatic heterocycles. The van der Waals surface area contributed by atoms with Crippen LogP contribution in [-0.2, 0) is 13.2 Å². The minimum atomic E-state index is -0.404. The van der Waals surface area contributed by atoms with Crippen molar-refractivity contribution in [1.82, 2.24) is 5.32 Å². The van der Waals surface area contributed by atoms with Gasteiger partial charge < -0.3 is 19.9 Å². The molecule has 1 unspecified atom stereocenters. The highest BCUT2D eigenvalue weighted by atomic mass is 79.9. The van der Waals surface area contributed by atoms with Crippen LogP contribution in [0, 0.1) is 5.82 Å². The number of benzene rings is 2. The van der Waals surface area contributed by atoms with E-state index < -0.39 is 6.10 Å². The van der Waals surface area contributed by atoms with Crippen LogP contribution in [0.4, 0.5) is 4.39 Å². The number of hydrogen-bond donors (Lipinski definition) is 2. The van der Waals surface area contributed by atoms with E-state index in [0.29, 0.717) is 30.2 Å². The first-order valence-electron chi connectivity index (χ1n) is 7.62. The Kier molecular flexibility index (Phi) is 9.21. The van der Waals surface area contributed by atoms with E-state index >= 15 is 0 Å². The van der Waals surface area contributed by atoms with Crippen LogP contribution in [0.3, 0.4) is 0 Å². The van der Waals surface area contributed by atoms with Gasteiger partial charge in [0.05, 0.1) is 17.7 Å². The molecule has 0 amide bonds. The second kappa shape index (κ2) is 10.6. The number of aliphatic hydroxyl groups is 1. The van der Waals surface area contributed by atoms with Crippen molar-refractivity contribution >= 4 is 28.3 Å². The lowest BCUT2D eigenvalue weighted by atomic mass is 10.2. The molecule has 138 valence electrons. The van der Waals surface area contributed by atoms with Crippen LogP contribution in [0.1, 0.15) is 18.1 Å². The van der Waals surface area contributed by atoms with Crippen molar-refractivity contribution in [2.75, 3.05) is 13.7 Å². The summed E-state index contributed by atoms with van der Waals surface area (Å²) in [6, 6.07) is 10.3. The summed E-state index contributed by atoms with van der Waals surface area (Å²) in [5.41, 5.74) is 1.46. The molecule has 2 rings (SSSR count). The van der Waals surface area contributed by atoms with Gasteiger partial charge >= 0.3 is 0 Å². The standard InChI is InChI=1S/C18H21BrFNO3.ClH/c1-12(22)9-21-10-13-7-15(19)18(17(8-13)23-2)24-11-14-5-3-4-6-16(14)20;/h3-8,12,21-22H,9-11H2,1-2H3;1H. The Morgan fingerprint density at radius 1 is 1.28 bits per heavy atom. The highest BCUT2D eigenvalue weighted by Crippen LogP contribution is 2.37. The molecule has 0 aliphatic rings. The second-order valence-electron chi connectivity index (χ2n) is 5.47. The first-order valence-corrected chi connectivity index (χ1v) is 8.42. The highest BCUT2D eigenvalue weighted by molar-refractivity contribution is 9.10. The fourth-order valence-electron chi connectivity index (χ4n) is 2.21. The molecule has 0 heterocycles. The Hall–Kier alpha value is -1.34. The molecule has 0 radical (unpaired) electrons. The molecule has 2 N–H and O–H groups in total. The predicted molar refractivity (Wildman–Crippen MR) is 102 cm³/mol. The molecule has 7 heteroatoms. The Balaban J connectivity index is 0.00000312. The number of nitrogens with one attached hydrogen (secondary N) is 1. The molecular formula is C18H22BrClFNO3. The van der Waals surface area contributed by atoms with E-state index in [1.807, 2.05) is 12.1 Å². The Bertz CT molecular complexity index is 685. The first-order chi connectivity index (χ1) is 11.5. The second-order valence-corrected chi connectivity index (χ2v) is 6.32. The first kappa shape index (κ1) is 21.7. The van der Waals surface area contributed by atoms with Gasteiger partial charge in [-0.2, -0.15) is 0 Å². The molecule has 1 atom stereocenters. The number of rotatable bonds is 8. The van der Waals surface area contributed by atoms with Gasteiger partial charge in [0.15, 0.2) is 11.5 Å². The third kappa shape index (κ3) is 6.47. The zero-order valence-corrected chi connectivity index (χ0v) is 16.5. The topological polar surface area (TPSA) is 50.7 Å². The molecule has 0 bridgehead atoms. The van der Waals surface area contributed by atoms with Gasteiger partial charge in [-0.3, -0.25) is 0 Å². The van der Waals surface area contributed by atoms with Gasteiger partial charge in [-0.05, 0) is 46.6 Å². The Labute approximate surface area is 161 Å². The summed E-state index contributed by atoms with van der Waals surface area (Å²) in [4.78, 5) is 0. The summed E-state index contributed by atoms with van der Waals surface area (Å²) in [6.45, 7) is 2.93. The van der Waals surface area contributed by atoms with Gasteiger partial charge in [0.25, 0.3) is 0 Å². The van der Waals surface area contributed by atoms with E-state index in [1.54, 1.807) is 32.2 Å². The summed E-state index contributed by atoms with van der Waals surface area (Å²) in [5.74, 6) is 0.793. The number of aliphatic hydroxyl groups excluding tert-OH is 1. The van der Waals surface area contributed by atoms with Crippen LogP contribution in [0.25, 0.3) is 0 Å². The number of halogens is 3. The van der Waals surface area contributed by atoms with Crippen molar-refractivity contribution in [2.45, 2.75) is 26.2 Å². The molecular weight excluding hydrogens is 413 g/mol. The van der Waals surface area contributed by atoms with Gasteiger partial charge in [-0.15, -0.1) is 12.4 Å². The van der Waals surface area contributed by atoms with E-state index in [1.165, 1.54) is 6.07 Å². The minimum Gasteiger partial charge on any atom is -0.493 e. The number of methoxy groups -OCH3 is 1. The lowest BCUT2D eigenvalue weighted by Gasteiger charge is -2.15. The van der Waals surface area contributed by atoms with Crippen LogP contribution in [0.2, 0.25) is 0 Å². The van der Waals surface area contributed by atoms with E-state index in [-0.39, 0.29) is 24.8 Å². The maximum atomic E-state index is 13.7. The Morgan fingerprint density at radius 2 is 2.00 bits per heavy atom. The SMILES string of the molecule is COc1cc(CNCC(C)O)cc(Br)c1OCc1ccccc1F.Cl. The number of ether oxygens (including phenoxy) is 2. The van der Waals surface area contributed by atoms with Gasteiger partial charge in [0.1, 0.15) is 12.4 Å². The van der Waals surface area contributed by atoms with Crippen LogP contribution < -0.4 is 14.8 Å². The van der Waals surface area contributed by atoms with Crippen molar-refractivity contribution in [3.63, 3.8) is 0 Å². The number of hydrogen-bond acceptors (Lipinski definition) is 4. The molecule has 0 saturated carbocycles. The highest BCUT2D eigenvalue weighted by Gasteiger charge is 2.13. The van der Waals surface area contributed by atoms with Crippen LogP contribution in [0.5, 0.6) is 11.5 Å². The van der Waals surface area contributed by atoms with E-state index in [4.69, 9.17) is 9.47 Å². The zero-order valence-electron chi connectivity index (χ0n) is 14.1.